The molecular formula is C14H31IN4. The molecule has 1 rings (SSSR count). The summed E-state index contributed by atoms with van der Waals surface area (Å²) in [5, 5.41) is 3.20. The van der Waals surface area contributed by atoms with Gasteiger partial charge >= 0.3 is 0 Å². The Morgan fingerprint density at radius 2 is 2.00 bits per heavy atom. The van der Waals surface area contributed by atoms with Gasteiger partial charge in [-0.2, -0.15) is 0 Å². The lowest BCUT2D eigenvalue weighted by Crippen LogP contribution is -2.41. The molecule has 0 saturated heterocycles. The van der Waals surface area contributed by atoms with E-state index in [9.17, 15) is 0 Å². The number of aliphatic imine (C=N–C) groups is 1. The van der Waals surface area contributed by atoms with E-state index >= 15 is 0 Å². The van der Waals surface area contributed by atoms with Crippen molar-refractivity contribution in [1.82, 2.24) is 10.2 Å². The van der Waals surface area contributed by atoms with Gasteiger partial charge < -0.3 is 16.0 Å². The van der Waals surface area contributed by atoms with Crippen molar-refractivity contribution in [3.05, 3.63) is 0 Å². The Balaban J connectivity index is 0.00000324. The number of rotatable bonds is 7. The van der Waals surface area contributed by atoms with Gasteiger partial charge in [0.15, 0.2) is 5.96 Å². The molecule has 5 heteroatoms. The van der Waals surface area contributed by atoms with Gasteiger partial charge in [-0.1, -0.05) is 32.6 Å². The van der Waals surface area contributed by atoms with Crippen LogP contribution in [0.5, 0.6) is 0 Å². The van der Waals surface area contributed by atoms with Gasteiger partial charge in [-0.3, -0.25) is 4.99 Å². The number of hydrogen-bond donors (Lipinski definition) is 2. The third-order valence-corrected chi connectivity index (χ3v) is 3.76. The van der Waals surface area contributed by atoms with Crippen molar-refractivity contribution >= 4 is 29.9 Å². The highest BCUT2D eigenvalue weighted by Gasteiger charge is 2.17. The zero-order chi connectivity index (χ0) is 13.2. The van der Waals surface area contributed by atoms with E-state index in [0.29, 0.717) is 5.96 Å². The van der Waals surface area contributed by atoms with Crippen LogP contribution in [0.15, 0.2) is 4.99 Å². The third kappa shape index (κ3) is 8.68. The second-order valence-electron chi connectivity index (χ2n) is 5.32. The molecule has 0 aromatic heterocycles. The molecule has 0 unspecified atom stereocenters. The zero-order valence-electron chi connectivity index (χ0n) is 12.5. The summed E-state index contributed by atoms with van der Waals surface area (Å²) in [4.78, 5) is 6.75. The molecule has 19 heavy (non-hydrogen) atoms. The first-order valence-corrected chi connectivity index (χ1v) is 7.48. The summed E-state index contributed by atoms with van der Waals surface area (Å²) < 4.78 is 0. The number of halogens is 1. The minimum Gasteiger partial charge on any atom is -0.370 e. The van der Waals surface area contributed by atoms with E-state index in [1.165, 1.54) is 38.5 Å². The van der Waals surface area contributed by atoms with E-state index in [4.69, 9.17) is 5.73 Å². The van der Waals surface area contributed by atoms with Crippen LogP contribution >= 0.6 is 24.0 Å². The van der Waals surface area contributed by atoms with Crippen LogP contribution < -0.4 is 11.1 Å². The van der Waals surface area contributed by atoms with Crippen LogP contribution in [0.1, 0.15) is 51.9 Å². The standard InChI is InChI=1S/C14H30N4.HI/c1-3-4-10-16-14(15)17-11-12-18(2)13-8-6-5-7-9-13;/h13H,3-12H2,1-2H3,(H3,15,16,17);1H. The van der Waals surface area contributed by atoms with Crippen LogP contribution in [0.3, 0.4) is 0 Å². The molecule has 0 heterocycles. The molecule has 1 aliphatic rings. The van der Waals surface area contributed by atoms with Gasteiger partial charge in [0.25, 0.3) is 0 Å². The quantitative estimate of drug-likeness (QED) is 0.308. The summed E-state index contributed by atoms with van der Waals surface area (Å²) in [6, 6.07) is 0.777. The monoisotopic (exact) mass is 382 g/mol. The maximum atomic E-state index is 5.80. The fourth-order valence-electron chi connectivity index (χ4n) is 2.48. The number of unbranched alkanes of at least 4 members (excludes halogenated alkanes) is 1. The van der Waals surface area contributed by atoms with E-state index in [1.807, 2.05) is 0 Å². The largest absolute Gasteiger partial charge is 0.370 e. The third-order valence-electron chi connectivity index (χ3n) is 3.76. The zero-order valence-corrected chi connectivity index (χ0v) is 14.9. The molecule has 0 aliphatic heterocycles. The average molecular weight is 382 g/mol. The summed E-state index contributed by atoms with van der Waals surface area (Å²) in [6.45, 7) is 4.95. The maximum absolute atomic E-state index is 5.80. The number of nitrogens with two attached hydrogens (primary N) is 1. The predicted molar refractivity (Wildman–Crippen MR) is 94.3 cm³/mol. The first-order chi connectivity index (χ1) is 8.74. The van der Waals surface area contributed by atoms with Crippen LogP contribution in [0.25, 0.3) is 0 Å². The molecule has 114 valence electrons. The van der Waals surface area contributed by atoms with Crippen LogP contribution in [0, 0.1) is 0 Å². The molecule has 1 aliphatic carbocycles. The molecule has 3 N–H and O–H groups in total. The molecule has 0 amide bonds. The van der Waals surface area contributed by atoms with Crippen LogP contribution in [-0.4, -0.2) is 43.6 Å². The summed E-state index contributed by atoms with van der Waals surface area (Å²) in [5.41, 5.74) is 5.80. The number of likely N-dealkylation sites (N-methyl/N-ethyl adjacent to an activating group) is 1. The van der Waals surface area contributed by atoms with E-state index in [-0.39, 0.29) is 24.0 Å². The molecular weight excluding hydrogens is 351 g/mol. The topological polar surface area (TPSA) is 53.6 Å². The second-order valence-corrected chi connectivity index (χ2v) is 5.32. The van der Waals surface area contributed by atoms with Gasteiger partial charge in [-0.15, -0.1) is 24.0 Å². The molecule has 0 radical (unpaired) electrons. The Bertz CT molecular complexity index is 240. The maximum Gasteiger partial charge on any atom is 0.188 e. The first-order valence-electron chi connectivity index (χ1n) is 7.48. The highest BCUT2D eigenvalue weighted by atomic mass is 127. The Labute approximate surface area is 135 Å². The predicted octanol–water partition coefficient (Wildman–Crippen LogP) is 2.57. The smallest absolute Gasteiger partial charge is 0.188 e. The number of guanidine groups is 1. The molecule has 0 aromatic carbocycles. The highest BCUT2D eigenvalue weighted by molar-refractivity contribution is 14.0. The van der Waals surface area contributed by atoms with Crippen LogP contribution in [0.4, 0.5) is 0 Å². The van der Waals surface area contributed by atoms with E-state index < -0.39 is 0 Å². The van der Waals surface area contributed by atoms with Crippen molar-refractivity contribution < 1.29 is 0 Å². The molecule has 0 spiro atoms. The van der Waals surface area contributed by atoms with E-state index in [2.05, 4.69) is 29.2 Å². The van der Waals surface area contributed by atoms with Crippen molar-refractivity contribution in [3.8, 4) is 0 Å². The second kappa shape index (κ2) is 11.8. The number of nitrogens with zero attached hydrogens (tertiary/aromatic N) is 2. The SMILES string of the molecule is CCCCN=C(N)NCCN(C)C1CCCCC1.I. The van der Waals surface area contributed by atoms with Gasteiger partial charge in [0.05, 0.1) is 0 Å². The summed E-state index contributed by atoms with van der Waals surface area (Å²) in [6.07, 6.45) is 9.20. The Morgan fingerprint density at radius 3 is 2.63 bits per heavy atom. The summed E-state index contributed by atoms with van der Waals surface area (Å²) in [7, 11) is 2.22. The molecule has 0 aromatic rings. The summed E-state index contributed by atoms with van der Waals surface area (Å²) in [5.74, 6) is 0.598. The molecule has 1 fully saturated rings. The Kier molecular flexibility index (Phi) is 11.7. The fraction of sp³-hybridized carbons (Fsp3) is 0.929. The molecule has 0 bridgehead atoms. The number of nitrogens with one attached hydrogen (secondary N) is 1. The molecule has 1 saturated carbocycles. The van der Waals surface area contributed by atoms with E-state index in [0.717, 1.165) is 32.1 Å². The Hall–Kier alpha value is -0.0400. The lowest BCUT2D eigenvalue weighted by molar-refractivity contribution is 0.194. The Morgan fingerprint density at radius 1 is 1.32 bits per heavy atom. The van der Waals surface area contributed by atoms with Crippen molar-refractivity contribution in [2.45, 2.75) is 57.9 Å². The van der Waals surface area contributed by atoms with Crippen LogP contribution in [-0.2, 0) is 0 Å². The van der Waals surface area contributed by atoms with Gasteiger partial charge in [0, 0.05) is 25.7 Å². The normalized spacial score (nSPS) is 17.3. The van der Waals surface area contributed by atoms with Gasteiger partial charge in [-0.25, -0.2) is 0 Å². The first kappa shape index (κ1) is 19.0. The van der Waals surface area contributed by atoms with Crippen molar-refractivity contribution in [1.29, 1.82) is 0 Å². The minimum atomic E-state index is 0. The number of hydrogen-bond acceptors (Lipinski definition) is 2. The van der Waals surface area contributed by atoms with E-state index in [1.54, 1.807) is 0 Å². The lowest BCUT2D eigenvalue weighted by atomic mass is 9.94. The van der Waals surface area contributed by atoms with Gasteiger partial charge in [0.1, 0.15) is 0 Å². The van der Waals surface area contributed by atoms with Gasteiger partial charge in [0.2, 0.25) is 0 Å². The average Bonchev–Trinajstić information content (AvgIpc) is 2.40. The van der Waals surface area contributed by atoms with Crippen molar-refractivity contribution in [2.24, 2.45) is 10.7 Å². The van der Waals surface area contributed by atoms with Crippen molar-refractivity contribution in [2.75, 3.05) is 26.7 Å². The van der Waals surface area contributed by atoms with Crippen molar-refractivity contribution in [3.63, 3.8) is 0 Å². The van der Waals surface area contributed by atoms with Gasteiger partial charge in [-0.05, 0) is 26.3 Å². The summed E-state index contributed by atoms with van der Waals surface area (Å²) >= 11 is 0. The lowest BCUT2D eigenvalue weighted by Gasteiger charge is -2.31. The molecule has 0 atom stereocenters. The minimum absolute atomic E-state index is 0. The molecule has 4 nitrogen and oxygen atoms in total. The fourth-order valence-corrected chi connectivity index (χ4v) is 2.48. The van der Waals surface area contributed by atoms with Crippen LogP contribution in [0.2, 0.25) is 0 Å². The highest BCUT2D eigenvalue weighted by Crippen LogP contribution is 2.21.